The van der Waals surface area contributed by atoms with Crippen LogP contribution in [-0.4, -0.2) is 29.2 Å². The third-order valence-corrected chi connectivity index (χ3v) is 5.15. The third kappa shape index (κ3) is 3.55. The number of nitrogens with one attached hydrogen (secondary N) is 1. The summed E-state index contributed by atoms with van der Waals surface area (Å²) in [5, 5.41) is 0. The number of ether oxygens (including phenoxy) is 1. The molecule has 0 unspecified atom stereocenters. The van der Waals surface area contributed by atoms with Gasteiger partial charge in [-0.1, -0.05) is 19.6 Å². The number of rotatable bonds is 5. The summed E-state index contributed by atoms with van der Waals surface area (Å²) in [6, 6.07) is 2.88. The van der Waals surface area contributed by atoms with Crippen molar-refractivity contribution < 1.29 is 4.74 Å². The molecule has 19 heavy (non-hydrogen) atoms. The second-order valence-electron chi connectivity index (χ2n) is 5.70. The van der Waals surface area contributed by atoms with Crippen LogP contribution in [0.3, 0.4) is 0 Å². The van der Waals surface area contributed by atoms with Crippen LogP contribution in [0.1, 0.15) is 0 Å². The van der Waals surface area contributed by atoms with Crippen LogP contribution in [0.2, 0.25) is 25.7 Å². The predicted molar refractivity (Wildman–Crippen MR) is 82.2 cm³/mol. The van der Waals surface area contributed by atoms with Crippen LogP contribution < -0.4 is 5.56 Å². The van der Waals surface area contributed by atoms with Gasteiger partial charge in [-0.15, -0.1) is 0 Å². The van der Waals surface area contributed by atoms with Gasteiger partial charge in [0.15, 0.2) is 4.73 Å². The van der Waals surface area contributed by atoms with Crippen molar-refractivity contribution in [1.82, 2.24) is 14.5 Å². The van der Waals surface area contributed by atoms with Gasteiger partial charge >= 0.3 is 0 Å². The zero-order valence-corrected chi connectivity index (χ0v) is 14.0. The van der Waals surface area contributed by atoms with Gasteiger partial charge in [-0.05, 0) is 28.0 Å². The fourth-order valence-corrected chi connectivity index (χ4v) is 2.94. The highest BCUT2D eigenvalue weighted by Crippen LogP contribution is 2.17. The van der Waals surface area contributed by atoms with Gasteiger partial charge in [0.1, 0.15) is 12.2 Å². The van der Waals surface area contributed by atoms with Crippen LogP contribution in [0.5, 0.6) is 0 Å². The molecule has 2 rings (SSSR count). The molecule has 0 bridgehead atoms. The van der Waals surface area contributed by atoms with Crippen molar-refractivity contribution in [2.45, 2.75) is 32.4 Å². The second kappa shape index (κ2) is 5.60. The maximum absolute atomic E-state index is 11.8. The Morgan fingerprint density at radius 2 is 2.21 bits per heavy atom. The fraction of sp³-hybridized carbons (Fsp3) is 0.500. The van der Waals surface area contributed by atoms with E-state index in [-0.39, 0.29) is 5.56 Å². The summed E-state index contributed by atoms with van der Waals surface area (Å²) in [5.41, 5.74) is 1.07. The molecule has 2 aromatic rings. The Morgan fingerprint density at radius 1 is 1.47 bits per heavy atom. The second-order valence-corrected chi connectivity index (χ2v) is 12.0. The van der Waals surface area contributed by atoms with Crippen molar-refractivity contribution in [2.24, 2.45) is 0 Å². The molecule has 5 nitrogen and oxygen atoms in total. The monoisotopic (exact) mass is 343 g/mol. The first-order chi connectivity index (χ1) is 8.88. The normalized spacial score (nSPS) is 12.2. The predicted octanol–water partition coefficient (Wildman–Crippen LogP) is 2.80. The highest BCUT2D eigenvalue weighted by Gasteiger charge is 2.14. The SMILES string of the molecule is C[Si](C)(C)CCOCn1c(Br)nc2cc[nH]c(=O)c21. The highest BCUT2D eigenvalue weighted by molar-refractivity contribution is 9.10. The summed E-state index contributed by atoms with van der Waals surface area (Å²) in [6.45, 7) is 7.98. The zero-order valence-electron chi connectivity index (χ0n) is 11.4. The number of aromatic amines is 1. The van der Waals surface area contributed by atoms with Crippen LogP contribution in [-0.2, 0) is 11.5 Å². The van der Waals surface area contributed by atoms with Crippen LogP contribution in [0.4, 0.5) is 0 Å². The molecule has 2 heterocycles. The Kier molecular flexibility index (Phi) is 4.27. The lowest BCUT2D eigenvalue weighted by atomic mass is 10.4. The first kappa shape index (κ1) is 14.5. The van der Waals surface area contributed by atoms with Crippen LogP contribution in [0, 0.1) is 0 Å². The lowest BCUT2D eigenvalue weighted by Crippen LogP contribution is -2.22. The molecule has 0 saturated heterocycles. The van der Waals surface area contributed by atoms with Crippen molar-refractivity contribution in [3.63, 3.8) is 0 Å². The van der Waals surface area contributed by atoms with Gasteiger partial charge in [0.05, 0.1) is 5.52 Å². The zero-order chi connectivity index (χ0) is 14.0. The maximum Gasteiger partial charge on any atom is 0.274 e. The minimum Gasteiger partial charge on any atom is -0.361 e. The molecule has 1 N–H and O–H groups in total. The van der Waals surface area contributed by atoms with Crippen molar-refractivity contribution in [2.75, 3.05) is 6.61 Å². The van der Waals surface area contributed by atoms with E-state index < -0.39 is 8.07 Å². The quantitative estimate of drug-likeness (QED) is 0.670. The van der Waals surface area contributed by atoms with Crippen molar-refractivity contribution >= 4 is 35.0 Å². The molecule has 104 valence electrons. The van der Waals surface area contributed by atoms with E-state index >= 15 is 0 Å². The van der Waals surface area contributed by atoms with E-state index in [1.54, 1.807) is 16.8 Å². The number of halogens is 1. The van der Waals surface area contributed by atoms with Gasteiger partial charge in [0.2, 0.25) is 0 Å². The van der Waals surface area contributed by atoms with Gasteiger partial charge in [-0.2, -0.15) is 0 Å². The van der Waals surface area contributed by atoms with Crippen molar-refractivity contribution in [3.8, 4) is 0 Å². The number of H-pyrrole nitrogens is 1. The third-order valence-electron chi connectivity index (χ3n) is 2.84. The Bertz CT molecular complexity index is 630. The van der Waals surface area contributed by atoms with E-state index in [0.717, 1.165) is 6.04 Å². The number of nitrogens with zero attached hydrogens (tertiary/aromatic N) is 2. The van der Waals surface area contributed by atoms with E-state index in [1.807, 2.05) is 0 Å². The lowest BCUT2D eigenvalue weighted by Gasteiger charge is -2.15. The molecular weight excluding hydrogens is 326 g/mol. The number of pyridine rings is 1. The molecular formula is C12H18BrN3O2Si. The lowest BCUT2D eigenvalue weighted by molar-refractivity contribution is 0.0882. The standard InChI is InChI=1S/C12H18BrN3O2Si/c1-19(2,3)7-6-18-8-16-10-9(15-12(16)13)4-5-14-11(10)17/h4-5H,6-8H2,1-3H3,(H,14,17). The highest BCUT2D eigenvalue weighted by atomic mass is 79.9. The topological polar surface area (TPSA) is 59.9 Å². The minimum atomic E-state index is -1.09. The van der Waals surface area contributed by atoms with Crippen molar-refractivity contribution in [3.05, 3.63) is 27.4 Å². The first-order valence-electron chi connectivity index (χ1n) is 6.20. The molecule has 0 saturated carbocycles. The number of hydrogen-bond donors (Lipinski definition) is 1. The number of imidazole rings is 1. The summed E-state index contributed by atoms with van der Waals surface area (Å²) in [6.07, 6.45) is 1.60. The molecule has 0 aromatic carbocycles. The first-order valence-corrected chi connectivity index (χ1v) is 10.7. The molecule has 2 aromatic heterocycles. The number of fused-ring (bicyclic) bond motifs is 1. The molecule has 0 aliphatic heterocycles. The molecule has 7 heteroatoms. The van der Waals surface area contributed by atoms with Gasteiger partial charge in [-0.25, -0.2) is 4.98 Å². The van der Waals surface area contributed by atoms with E-state index in [4.69, 9.17) is 4.74 Å². The fourth-order valence-electron chi connectivity index (χ4n) is 1.71. The maximum atomic E-state index is 11.8. The van der Waals surface area contributed by atoms with Gasteiger partial charge in [0.25, 0.3) is 5.56 Å². The smallest absolute Gasteiger partial charge is 0.274 e. The van der Waals surface area contributed by atoms with E-state index in [1.165, 1.54) is 0 Å². The molecule has 0 aliphatic rings. The average Bonchev–Trinajstić information content (AvgIpc) is 2.61. The molecule has 0 amide bonds. The number of aromatic nitrogens is 3. The summed E-state index contributed by atoms with van der Waals surface area (Å²) < 4.78 is 8.04. The molecule has 0 radical (unpaired) electrons. The van der Waals surface area contributed by atoms with Crippen molar-refractivity contribution in [1.29, 1.82) is 0 Å². The molecule has 0 aliphatic carbocycles. The average molecular weight is 344 g/mol. The Hall–Kier alpha value is -0.923. The Balaban J connectivity index is 2.13. The summed E-state index contributed by atoms with van der Waals surface area (Å²) in [5.74, 6) is 0. The molecule has 0 fully saturated rings. The van der Waals surface area contributed by atoms with Crippen LogP contribution in [0.15, 0.2) is 21.8 Å². The molecule has 0 spiro atoms. The van der Waals surface area contributed by atoms with Crippen LogP contribution >= 0.6 is 15.9 Å². The summed E-state index contributed by atoms with van der Waals surface area (Å²) in [7, 11) is -1.09. The molecule has 0 atom stereocenters. The van der Waals surface area contributed by atoms with Gasteiger partial charge < -0.3 is 9.72 Å². The largest absolute Gasteiger partial charge is 0.361 e. The van der Waals surface area contributed by atoms with E-state index in [2.05, 4.69) is 45.5 Å². The Morgan fingerprint density at radius 3 is 2.89 bits per heavy atom. The summed E-state index contributed by atoms with van der Waals surface area (Å²) >= 11 is 3.36. The van der Waals surface area contributed by atoms with E-state index in [9.17, 15) is 4.79 Å². The summed E-state index contributed by atoms with van der Waals surface area (Å²) in [4.78, 5) is 18.8. The van der Waals surface area contributed by atoms with Gasteiger partial charge in [-0.3, -0.25) is 9.36 Å². The minimum absolute atomic E-state index is 0.149. The van der Waals surface area contributed by atoms with Gasteiger partial charge in [0, 0.05) is 20.9 Å². The van der Waals surface area contributed by atoms with E-state index in [0.29, 0.717) is 29.1 Å². The van der Waals surface area contributed by atoms with Crippen LogP contribution in [0.25, 0.3) is 11.0 Å². The Labute approximate surface area is 121 Å². The number of hydrogen-bond acceptors (Lipinski definition) is 3.